The molecule has 0 aliphatic carbocycles. The van der Waals surface area contributed by atoms with Crippen molar-refractivity contribution in [2.75, 3.05) is 18.4 Å². The summed E-state index contributed by atoms with van der Waals surface area (Å²) < 4.78 is 0. The molecular formula is C20H25N3O3. The Morgan fingerprint density at radius 3 is 2.27 bits per heavy atom. The van der Waals surface area contributed by atoms with Crippen LogP contribution in [-0.2, 0) is 11.2 Å². The van der Waals surface area contributed by atoms with Gasteiger partial charge in [-0.2, -0.15) is 0 Å². The summed E-state index contributed by atoms with van der Waals surface area (Å²) in [5.74, 6) is 0.527. The third-order valence-electron chi connectivity index (χ3n) is 4.14. The Morgan fingerprint density at radius 2 is 1.69 bits per heavy atom. The van der Waals surface area contributed by atoms with Crippen molar-refractivity contribution in [3.63, 3.8) is 0 Å². The fourth-order valence-electron chi connectivity index (χ4n) is 2.53. The zero-order valence-corrected chi connectivity index (χ0v) is 15.2. The first-order valence-corrected chi connectivity index (χ1v) is 8.79. The molecule has 0 heterocycles. The number of nitrogens with zero attached hydrogens (tertiary/aromatic N) is 1. The molecule has 0 unspecified atom stereocenters. The molecule has 138 valence electrons. The number of non-ortho nitro benzene ring substituents is 1. The van der Waals surface area contributed by atoms with Gasteiger partial charge in [0.2, 0.25) is 5.91 Å². The number of hydrogen-bond acceptors (Lipinski definition) is 4. The van der Waals surface area contributed by atoms with Gasteiger partial charge in [-0.05, 0) is 35.6 Å². The summed E-state index contributed by atoms with van der Waals surface area (Å²) in [7, 11) is 0. The van der Waals surface area contributed by atoms with Gasteiger partial charge in [-0.15, -0.1) is 0 Å². The minimum absolute atomic E-state index is 0.0171. The molecule has 2 N–H and O–H groups in total. The first-order valence-electron chi connectivity index (χ1n) is 8.79. The van der Waals surface area contributed by atoms with E-state index in [4.69, 9.17) is 0 Å². The number of aryl methyl sites for hydroxylation is 1. The lowest BCUT2D eigenvalue weighted by atomic mass is 10.0. The second-order valence-corrected chi connectivity index (χ2v) is 6.48. The third kappa shape index (κ3) is 6.20. The van der Waals surface area contributed by atoms with Gasteiger partial charge >= 0.3 is 0 Å². The fraction of sp³-hybridized carbons (Fsp3) is 0.350. The summed E-state index contributed by atoms with van der Waals surface area (Å²) >= 11 is 0. The molecule has 2 aromatic carbocycles. The van der Waals surface area contributed by atoms with Crippen LogP contribution < -0.4 is 10.6 Å². The highest BCUT2D eigenvalue weighted by atomic mass is 16.6. The Hall–Kier alpha value is -2.89. The number of nitro benzene ring substituents is 1. The Balaban J connectivity index is 1.65. The molecule has 0 saturated heterocycles. The number of amides is 1. The molecule has 6 nitrogen and oxygen atoms in total. The largest absolute Gasteiger partial charge is 0.383 e. The van der Waals surface area contributed by atoms with Crippen molar-refractivity contribution >= 4 is 17.3 Å². The molecule has 0 saturated carbocycles. The van der Waals surface area contributed by atoms with Crippen molar-refractivity contribution in [3.05, 3.63) is 69.8 Å². The van der Waals surface area contributed by atoms with E-state index in [1.54, 1.807) is 12.1 Å². The van der Waals surface area contributed by atoms with Crippen LogP contribution in [0, 0.1) is 10.1 Å². The van der Waals surface area contributed by atoms with Gasteiger partial charge < -0.3 is 10.6 Å². The molecule has 0 spiro atoms. The van der Waals surface area contributed by atoms with Gasteiger partial charge in [0.1, 0.15) is 0 Å². The van der Waals surface area contributed by atoms with Crippen LogP contribution in [0.15, 0.2) is 48.5 Å². The van der Waals surface area contributed by atoms with E-state index in [2.05, 4.69) is 48.7 Å². The topological polar surface area (TPSA) is 84.3 Å². The quantitative estimate of drug-likeness (QED) is 0.406. The van der Waals surface area contributed by atoms with E-state index in [0.29, 0.717) is 25.4 Å². The Labute approximate surface area is 153 Å². The van der Waals surface area contributed by atoms with Crippen molar-refractivity contribution < 1.29 is 9.72 Å². The molecule has 26 heavy (non-hydrogen) atoms. The van der Waals surface area contributed by atoms with Gasteiger partial charge in [-0.3, -0.25) is 14.9 Å². The van der Waals surface area contributed by atoms with Crippen molar-refractivity contribution in [2.24, 2.45) is 0 Å². The minimum Gasteiger partial charge on any atom is -0.383 e. The highest BCUT2D eigenvalue weighted by Gasteiger charge is 2.05. The molecule has 0 fully saturated rings. The smallest absolute Gasteiger partial charge is 0.269 e. The van der Waals surface area contributed by atoms with Crippen LogP contribution in [0.5, 0.6) is 0 Å². The summed E-state index contributed by atoms with van der Waals surface area (Å²) in [5, 5.41) is 16.6. The third-order valence-corrected chi connectivity index (χ3v) is 4.14. The van der Waals surface area contributed by atoms with E-state index in [-0.39, 0.29) is 11.6 Å². The molecule has 0 aliphatic rings. The molecule has 6 heteroatoms. The van der Waals surface area contributed by atoms with Crippen LogP contribution in [-0.4, -0.2) is 23.9 Å². The lowest BCUT2D eigenvalue weighted by molar-refractivity contribution is -0.384. The predicted molar refractivity (Wildman–Crippen MR) is 103 cm³/mol. The maximum atomic E-state index is 11.9. The normalized spacial score (nSPS) is 10.6. The number of anilines is 1. The summed E-state index contributed by atoms with van der Waals surface area (Å²) in [6, 6.07) is 14.6. The van der Waals surface area contributed by atoms with Crippen LogP contribution in [0.3, 0.4) is 0 Å². The number of nitro groups is 1. The molecule has 0 radical (unpaired) electrons. The first-order chi connectivity index (χ1) is 12.5. The van der Waals surface area contributed by atoms with Crippen LogP contribution in [0.1, 0.15) is 37.3 Å². The highest BCUT2D eigenvalue weighted by Crippen LogP contribution is 2.16. The first kappa shape index (κ1) is 19.4. The van der Waals surface area contributed by atoms with Gasteiger partial charge in [0.25, 0.3) is 5.69 Å². The Morgan fingerprint density at radius 1 is 1.04 bits per heavy atom. The molecule has 0 bridgehead atoms. The maximum Gasteiger partial charge on any atom is 0.269 e. The van der Waals surface area contributed by atoms with E-state index in [0.717, 1.165) is 17.7 Å². The molecule has 1 amide bonds. The van der Waals surface area contributed by atoms with Crippen molar-refractivity contribution in [3.8, 4) is 0 Å². The maximum absolute atomic E-state index is 11.9. The average Bonchev–Trinajstić information content (AvgIpc) is 2.64. The molecular weight excluding hydrogens is 330 g/mol. The summed E-state index contributed by atoms with van der Waals surface area (Å²) in [4.78, 5) is 22.1. The second-order valence-electron chi connectivity index (χ2n) is 6.48. The highest BCUT2D eigenvalue weighted by molar-refractivity contribution is 5.76. The summed E-state index contributed by atoms with van der Waals surface area (Å²) in [6.07, 6.45) is 1.18. The van der Waals surface area contributed by atoms with E-state index in [9.17, 15) is 14.9 Å². The predicted octanol–water partition coefficient (Wildman–Crippen LogP) is 3.88. The second kappa shape index (κ2) is 9.56. The van der Waals surface area contributed by atoms with Gasteiger partial charge in [0, 0.05) is 37.3 Å². The van der Waals surface area contributed by atoms with Gasteiger partial charge in [0.15, 0.2) is 0 Å². The van der Waals surface area contributed by atoms with Crippen molar-refractivity contribution in [1.82, 2.24) is 5.32 Å². The van der Waals surface area contributed by atoms with Crippen LogP contribution in [0.2, 0.25) is 0 Å². The molecule has 0 aliphatic heterocycles. The molecule has 2 rings (SSSR count). The zero-order valence-electron chi connectivity index (χ0n) is 15.2. The van der Waals surface area contributed by atoms with E-state index >= 15 is 0 Å². The van der Waals surface area contributed by atoms with Gasteiger partial charge in [-0.25, -0.2) is 0 Å². The number of carbonyl (C=O) groups excluding carboxylic acids is 1. The van der Waals surface area contributed by atoms with E-state index in [1.807, 2.05) is 0 Å². The van der Waals surface area contributed by atoms with E-state index in [1.165, 1.54) is 17.7 Å². The number of carbonyl (C=O) groups is 1. The number of benzene rings is 2. The number of rotatable bonds is 9. The Kier molecular flexibility index (Phi) is 7.14. The monoisotopic (exact) mass is 355 g/mol. The van der Waals surface area contributed by atoms with Crippen molar-refractivity contribution in [2.45, 2.75) is 32.6 Å². The van der Waals surface area contributed by atoms with Gasteiger partial charge in [-0.1, -0.05) is 38.1 Å². The average molecular weight is 355 g/mol. The molecule has 2 aromatic rings. The summed E-state index contributed by atoms with van der Waals surface area (Å²) in [6.45, 7) is 5.38. The lowest BCUT2D eigenvalue weighted by Gasteiger charge is -2.09. The van der Waals surface area contributed by atoms with Crippen molar-refractivity contribution in [1.29, 1.82) is 0 Å². The molecule has 0 aromatic heterocycles. The van der Waals surface area contributed by atoms with Crippen LogP contribution in [0.25, 0.3) is 0 Å². The standard InChI is InChI=1S/C20H25N3O3/c1-15(2)17-6-3-16(4-7-17)5-12-20(24)22-14-13-21-18-8-10-19(11-9-18)23(25)26/h3-4,6-11,15,21H,5,12-14H2,1-2H3,(H,22,24). The summed E-state index contributed by atoms with van der Waals surface area (Å²) in [5.41, 5.74) is 3.31. The number of hydrogen-bond donors (Lipinski definition) is 2. The van der Waals surface area contributed by atoms with E-state index < -0.39 is 4.92 Å². The SMILES string of the molecule is CC(C)c1ccc(CCC(=O)NCCNc2ccc([N+](=O)[O-])cc2)cc1. The van der Waals surface area contributed by atoms with Crippen LogP contribution in [0.4, 0.5) is 11.4 Å². The zero-order chi connectivity index (χ0) is 18.9. The number of nitrogens with one attached hydrogen (secondary N) is 2. The minimum atomic E-state index is -0.430. The molecule has 0 atom stereocenters. The van der Waals surface area contributed by atoms with Gasteiger partial charge in [0.05, 0.1) is 4.92 Å². The van der Waals surface area contributed by atoms with Crippen LogP contribution >= 0.6 is 0 Å². The Bertz CT molecular complexity index is 725. The lowest BCUT2D eigenvalue weighted by Crippen LogP contribution is -2.28. The fourth-order valence-corrected chi connectivity index (χ4v) is 2.53.